The molecule has 2 heterocycles. The van der Waals surface area contributed by atoms with E-state index in [1.807, 2.05) is 13.8 Å². The maximum atomic E-state index is 12.3. The maximum Gasteiger partial charge on any atom is 0.338 e. The van der Waals surface area contributed by atoms with E-state index in [2.05, 4.69) is 6.92 Å². The second-order valence-corrected chi connectivity index (χ2v) is 5.54. The Kier molecular flexibility index (Phi) is 2.92. The summed E-state index contributed by atoms with van der Waals surface area (Å²) in [4.78, 5) is 24.8. The number of carbonyl (C=O) groups is 2. The highest BCUT2D eigenvalue weighted by Crippen LogP contribution is 2.33. The first kappa shape index (κ1) is 12.7. The van der Waals surface area contributed by atoms with Crippen LogP contribution in [-0.4, -0.2) is 34.0 Å². The summed E-state index contributed by atoms with van der Waals surface area (Å²) in [5, 5.41) is 8.81. The van der Waals surface area contributed by atoms with Crippen LogP contribution < -0.4 is 0 Å². The van der Waals surface area contributed by atoms with Crippen molar-refractivity contribution in [3.8, 4) is 0 Å². The maximum absolute atomic E-state index is 12.3. The second kappa shape index (κ2) is 4.15. The fourth-order valence-corrected chi connectivity index (χ4v) is 2.64. The van der Waals surface area contributed by atoms with Gasteiger partial charge in [-0.25, -0.2) is 4.79 Å². The third kappa shape index (κ3) is 2.12. The molecule has 2 rings (SSSR count). The monoisotopic (exact) mass is 251 g/mol. The number of carboxylic acids is 1. The molecule has 1 atom stereocenters. The number of furan rings is 1. The highest BCUT2D eigenvalue weighted by Gasteiger charge is 2.40. The fraction of sp³-hybridized carbons (Fsp3) is 0.538. The number of amides is 1. The molecule has 1 unspecified atom stereocenters. The van der Waals surface area contributed by atoms with Gasteiger partial charge in [-0.15, -0.1) is 0 Å². The quantitative estimate of drug-likeness (QED) is 0.875. The van der Waals surface area contributed by atoms with Crippen LogP contribution in [-0.2, 0) is 0 Å². The van der Waals surface area contributed by atoms with Gasteiger partial charge in [0, 0.05) is 18.2 Å². The summed E-state index contributed by atoms with van der Waals surface area (Å²) < 4.78 is 5.06. The summed E-state index contributed by atoms with van der Waals surface area (Å²) in [6, 6.07) is 1.28. The van der Waals surface area contributed by atoms with E-state index >= 15 is 0 Å². The third-order valence-corrected chi connectivity index (χ3v) is 3.38. The molecule has 1 saturated heterocycles. The minimum Gasteiger partial charge on any atom is -0.478 e. The van der Waals surface area contributed by atoms with Gasteiger partial charge in [0.2, 0.25) is 0 Å². The molecule has 1 N–H and O–H groups in total. The lowest BCUT2D eigenvalue weighted by molar-refractivity contribution is 0.0616. The molecule has 0 spiro atoms. The standard InChI is InChI=1S/C13H17NO4/c1-8-5-13(2,3)14(6-8)11(15)10-4-9(7-18-10)12(16)17/h4,7-8H,5-6H2,1-3H3,(H,16,17). The SMILES string of the molecule is CC1CN(C(=O)c2cc(C(=O)O)co2)C(C)(C)C1. The summed E-state index contributed by atoms with van der Waals surface area (Å²) in [6.07, 6.45) is 2.04. The summed E-state index contributed by atoms with van der Waals surface area (Å²) in [5.41, 5.74) is -0.212. The average Bonchev–Trinajstić information content (AvgIpc) is 2.81. The first-order valence-corrected chi connectivity index (χ1v) is 5.95. The van der Waals surface area contributed by atoms with Gasteiger partial charge in [0.05, 0.1) is 5.56 Å². The van der Waals surface area contributed by atoms with E-state index in [1.165, 1.54) is 6.07 Å². The predicted molar refractivity (Wildman–Crippen MR) is 64.6 cm³/mol. The van der Waals surface area contributed by atoms with E-state index < -0.39 is 5.97 Å². The molecule has 1 fully saturated rings. The zero-order chi connectivity index (χ0) is 13.5. The molecular weight excluding hydrogens is 234 g/mol. The van der Waals surface area contributed by atoms with Gasteiger partial charge < -0.3 is 14.4 Å². The summed E-state index contributed by atoms with van der Waals surface area (Å²) in [5.74, 6) is -0.795. The van der Waals surface area contributed by atoms with Crippen LogP contribution in [0.4, 0.5) is 0 Å². The Morgan fingerprint density at radius 1 is 1.50 bits per heavy atom. The van der Waals surface area contributed by atoms with Crippen LogP contribution >= 0.6 is 0 Å². The minimum absolute atomic E-state index is 0.00315. The van der Waals surface area contributed by atoms with Gasteiger partial charge in [-0.05, 0) is 26.2 Å². The van der Waals surface area contributed by atoms with Gasteiger partial charge in [-0.3, -0.25) is 4.79 Å². The molecule has 5 nitrogen and oxygen atoms in total. The Bertz CT molecular complexity index is 489. The Hall–Kier alpha value is -1.78. The highest BCUT2D eigenvalue weighted by atomic mass is 16.4. The van der Waals surface area contributed by atoms with E-state index in [0.717, 1.165) is 12.7 Å². The number of hydrogen-bond donors (Lipinski definition) is 1. The van der Waals surface area contributed by atoms with E-state index in [1.54, 1.807) is 4.90 Å². The first-order valence-electron chi connectivity index (χ1n) is 5.95. The van der Waals surface area contributed by atoms with E-state index in [4.69, 9.17) is 9.52 Å². The summed E-state index contributed by atoms with van der Waals surface area (Å²) >= 11 is 0. The molecule has 0 saturated carbocycles. The zero-order valence-corrected chi connectivity index (χ0v) is 10.8. The van der Waals surface area contributed by atoms with E-state index in [0.29, 0.717) is 12.5 Å². The first-order chi connectivity index (χ1) is 8.31. The summed E-state index contributed by atoms with van der Waals surface area (Å²) in [6.45, 7) is 6.79. The molecule has 1 amide bonds. The number of aromatic carboxylic acids is 1. The van der Waals surface area contributed by atoms with Crippen molar-refractivity contribution in [2.75, 3.05) is 6.54 Å². The molecule has 0 bridgehead atoms. The van der Waals surface area contributed by atoms with E-state index in [-0.39, 0.29) is 22.8 Å². The number of carboxylic acid groups (broad SMARTS) is 1. The van der Waals surface area contributed by atoms with Crippen molar-refractivity contribution in [1.82, 2.24) is 4.90 Å². The average molecular weight is 251 g/mol. The smallest absolute Gasteiger partial charge is 0.338 e. The van der Waals surface area contributed by atoms with Crippen LogP contribution in [0.15, 0.2) is 16.7 Å². The molecule has 0 aromatic carbocycles. The normalized spacial score (nSPS) is 22.2. The number of likely N-dealkylation sites (tertiary alicyclic amines) is 1. The Balaban J connectivity index is 2.23. The summed E-state index contributed by atoms with van der Waals surface area (Å²) in [7, 11) is 0. The van der Waals surface area contributed by atoms with Gasteiger partial charge in [0.1, 0.15) is 6.26 Å². The van der Waals surface area contributed by atoms with Crippen molar-refractivity contribution in [3.05, 3.63) is 23.7 Å². The van der Waals surface area contributed by atoms with Crippen LogP contribution in [0.2, 0.25) is 0 Å². The Labute approximate surface area is 105 Å². The second-order valence-electron chi connectivity index (χ2n) is 5.54. The zero-order valence-electron chi connectivity index (χ0n) is 10.8. The third-order valence-electron chi connectivity index (χ3n) is 3.38. The molecular formula is C13H17NO4. The molecule has 18 heavy (non-hydrogen) atoms. The molecule has 1 aromatic rings. The van der Waals surface area contributed by atoms with Gasteiger partial charge in [0.15, 0.2) is 5.76 Å². The largest absolute Gasteiger partial charge is 0.478 e. The van der Waals surface area contributed by atoms with Crippen molar-refractivity contribution in [1.29, 1.82) is 0 Å². The molecule has 5 heteroatoms. The molecule has 1 aliphatic heterocycles. The van der Waals surface area contributed by atoms with E-state index in [9.17, 15) is 9.59 Å². The van der Waals surface area contributed by atoms with Gasteiger partial charge in [-0.1, -0.05) is 6.92 Å². The number of hydrogen-bond acceptors (Lipinski definition) is 3. The Morgan fingerprint density at radius 3 is 2.61 bits per heavy atom. The van der Waals surface area contributed by atoms with Crippen molar-refractivity contribution >= 4 is 11.9 Å². The van der Waals surface area contributed by atoms with Gasteiger partial charge >= 0.3 is 5.97 Å². The van der Waals surface area contributed by atoms with Crippen LogP contribution in [0.5, 0.6) is 0 Å². The number of nitrogens with zero attached hydrogens (tertiary/aromatic N) is 1. The van der Waals surface area contributed by atoms with Gasteiger partial charge in [0.25, 0.3) is 5.91 Å². The Morgan fingerprint density at radius 2 is 2.17 bits per heavy atom. The van der Waals surface area contributed by atoms with Gasteiger partial charge in [-0.2, -0.15) is 0 Å². The molecule has 1 aliphatic rings. The predicted octanol–water partition coefficient (Wildman–Crippen LogP) is 2.24. The van der Waals surface area contributed by atoms with Crippen molar-refractivity contribution in [2.24, 2.45) is 5.92 Å². The topological polar surface area (TPSA) is 70.8 Å². The van der Waals surface area contributed by atoms with Crippen LogP contribution in [0.3, 0.4) is 0 Å². The fourth-order valence-electron chi connectivity index (χ4n) is 2.64. The van der Waals surface area contributed by atoms with Crippen molar-refractivity contribution < 1.29 is 19.1 Å². The molecule has 0 aliphatic carbocycles. The molecule has 1 aromatic heterocycles. The van der Waals surface area contributed by atoms with Crippen LogP contribution in [0, 0.1) is 5.92 Å². The van der Waals surface area contributed by atoms with Crippen molar-refractivity contribution in [2.45, 2.75) is 32.7 Å². The van der Waals surface area contributed by atoms with Crippen LogP contribution in [0.25, 0.3) is 0 Å². The number of carbonyl (C=O) groups excluding carboxylic acids is 1. The van der Waals surface area contributed by atoms with Crippen LogP contribution in [0.1, 0.15) is 48.1 Å². The highest BCUT2D eigenvalue weighted by molar-refractivity contribution is 5.96. The minimum atomic E-state index is -1.09. The lowest BCUT2D eigenvalue weighted by atomic mass is 9.97. The van der Waals surface area contributed by atoms with Crippen molar-refractivity contribution in [3.63, 3.8) is 0 Å². The lowest BCUT2D eigenvalue weighted by Gasteiger charge is -2.30. The molecule has 0 radical (unpaired) electrons. The molecule has 98 valence electrons. The lowest BCUT2D eigenvalue weighted by Crippen LogP contribution is -2.42. The number of rotatable bonds is 2.